The summed E-state index contributed by atoms with van der Waals surface area (Å²) in [5, 5.41) is 4.63. The standard InChI is InChI=1S/C14H18ClN3O2S/c1-4-18-12(14(15)10(3)17-18)8-21(19,20)13-7-9(2)5-6-11(13)16/h5-7H,4,8,16H2,1-3H3. The highest BCUT2D eigenvalue weighted by Gasteiger charge is 2.24. The zero-order valence-electron chi connectivity index (χ0n) is 12.2. The summed E-state index contributed by atoms with van der Waals surface area (Å²) in [6.45, 7) is 6.03. The smallest absolute Gasteiger partial charge is 0.186 e. The summed E-state index contributed by atoms with van der Waals surface area (Å²) in [7, 11) is -3.58. The number of hydrogen-bond donors (Lipinski definition) is 1. The zero-order chi connectivity index (χ0) is 15.8. The molecule has 0 aliphatic carbocycles. The highest BCUT2D eigenvalue weighted by atomic mass is 35.5. The maximum absolute atomic E-state index is 12.6. The second-order valence-corrected chi connectivity index (χ2v) is 7.30. The Morgan fingerprint density at radius 2 is 2.00 bits per heavy atom. The van der Waals surface area contributed by atoms with Crippen molar-refractivity contribution in [3.8, 4) is 0 Å². The van der Waals surface area contributed by atoms with E-state index in [1.165, 1.54) is 0 Å². The Balaban J connectivity index is 2.50. The van der Waals surface area contributed by atoms with Crippen LogP contribution in [0.5, 0.6) is 0 Å². The van der Waals surface area contributed by atoms with Crippen molar-refractivity contribution < 1.29 is 8.42 Å². The van der Waals surface area contributed by atoms with E-state index < -0.39 is 9.84 Å². The van der Waals surface area contributed by atoms with Crippen molar-refractivity contribution in [2.24, 2.45) is 0 Å². The van der Waals surface area contributed by atoms with Crippen LogP contribution in [0.2, 0.25) is 5.02 Å². The van der Waals surface area contributed by atoms with E-state index in [0.717, 1.165) is 5.56 Å². The average Bonchev–Trinajstić information content (AvgIpc) is 2.68. The molecule has 0 unspecified atom stereocenters. The molecule has 0 saturated carbocycles. The summed E-state index contributed by atoms with van der Waals surface area (Å²) in [6, 6.07) is 4.96. The number of nitrogens with two attached hydrogens (primary N) is 1. The van der Waals surface area contributed by atoms with Gasteiger partial charge in [-0.3, -0.25) is 4.68 Å². The van der Waals surface area contributed by atoms with Crippen LogP contribution in [0.3, 0.4) is 0 Å². The first-order chi connectivity index (χ1) is 9.76. The van der Waals surface area contributed by atoms with Crippen molar-refractivity contribution in [3.05, 3.63) is 40.2 Å². The Labute approximate surface area is 129 Å². The molecule has 21 heavy (non-hydrogen) atoms. The number of aromatic nitrogens is 2. The number of sulfone groups is 1. The van der Waals surface area contributed by atoms with Crippen molar-refractivity contribution in [1.29, 1.82) is 0 Å². The molecule has 0 atom stereocenters. The SMILES string of the molecule is CCn1nc(C)c(Cl)c1CS(=O)(=O)c1cc(C)ccc1N. The zero-order valence-corrected chi connectivity index (χ0v) is 13.8. The van der Waals surface area contributed by atoms with Gasteiger partial charge in [-0.25, -0.2) is 8.42 Å². The van der Waals surface area contributed by atoms with Crippen molar-refractivity contribution in [2.45, 2.75) is 38.0 Å². The summed E-state index contributed by atoms with van der Waals surface area (Å²) in [5.41, 5.74) is 8.02. The molecule has 0 fully saturated rings. The van der Waals surface area contributed by atoms with Crippen LogP contribution >= 0.6 is 11.6 Å². The van der Waals surface area contributed by atoms with Crippen LogP contribution < -0.4 is 5.73 Å². The number of aryl methyl sites for hydroxylation is 3. The fraction of sp³-hybridized carbons (Fsp3) is 0.357. The highest BCUT2D eigenvalue weighted by Crippen LogP contribution is 2.28. The van der Waals surface area contributed by atoms with Crippen LogP contribution in [0.1, 0.15) is 23.9 Å². The van der Waals surface area contributed by atoms with Crippen molar-refractivity contribution in [2.75, 3.05) is 5.73 Å². The van der Waals surface area contributed by atoms with Crippen molar-refractivity contribution in [3.63, 3.8) is 0 Å². The van der Waals surface area contributed by atoms with E-state index in [4.69, 9.17) is 17.3 Å². The third-order valence-electron chi connectivity index (χ3n) is 3.28. The quantitative estimate of drug-likeness (QED) is 0.876. The molecular weight excluding hydrogens is 310 g/mol. The van der Waals surface area contributed by atoms with Crippen LogP contribution in [0, 0.1) is 13.8 Å². The van der Waals surface area contributed by atoms with Gasteiger partial charge in [-0.2, -0.15) is 5.10 Å². The molecule has 2 N–H and O–H groups in total. The van der Waals surface area contributed by atoms with E-state index in [2.05, 4.69) is 5.10 Å². The van der Waals surface area contributed by atoms with Crippen LogP contribution in [-0.4, -0.2) is 18.2 Å². The Hall–Kier alpha value is -1.53. The van der Waals surface area contributed by atoms with Gasteiger partial charge in [-0.1, -0.05) is 17.7 Å². The van der Waals surface area contributed by atoms with Gasteiger partial charge in [0.2, 0.25) is 0 Å². The Morgan fingerprint density at radius 1 is 1.33 bits per heavy atom. The average molecular weight is 328 g/mol. The van der Waals surface area contributed by atoms with Crippen molar-refractivity contribution >= 4 is 27.1 Å². The third kappa shape index (κ3) is 3.06. The molecule has 0 aliphatic heterocycles. The number of hydrogen-bond acceptors (Lipinski definition) is 4. The molecule has 0 saturated heterocycles. The number of benzene rings is 1. The number of nitrogen functional groups attached to an aromatic ring is 1. The lowest BCUT2D eigenvalue weighted by Crippen LogP contribution is -2.12. The van der Waals surface area contributed by atoms with E-state index in [1.54, 1.807) is 29.8 Å². The Bertz CT molecular complexity index is 782. The molecular formula is C14H18ClN3O2S. The fourth-order valence-corrected chi connectivity index (χ4v) is 4.06. The lowest BCUT2D eigenvalue weighted by Gasteiger charge is -2.10. The van der Waals surface area contributed by atoms with Gasteiger partial charge in [0.25, 0.3) is 0 Å². The molecule has 0 bridgehead atoms. The van der Waals surface area contributed by atoms with Crippen LogP contribution in [0.15, 0.2) is 23.1 Å². The largest absolute Gasteiger partial charge is 0.398 e. The van der Waals surface area contributed by atoms with E-state index >= 15 is 0 Å². The molecule has 1 heterocycles. The monoisotopic (exact) mass is 327 g/mol. The van der Waals surface area contributed by atoms with Gasteiger partial charge in [0.15, 0.2) is 9.84 Å². The van der Waals surface area contributed by atoms with Crippen molar-refractivity contribution in [1.82, 2.24) is 9.78 Å². The molecule has 0 radical (unpaired) electrons. The number of anilines is 1. The van der Waals surface area contributed by atoms with Gasteiger partial charge < -0.3 is 5.73 Å². The highest BCUT2D eigenvalue weighted by molar-refractivity contribution is 7.90. The van der Waals surface area contributed by atoms with E-state index in [1.807, 2.05) is 13.8 Å². The summed E-state index contributed by atoms with van der Waals surface area (Å²) >= 11 is 6.18. The summed E-state index contributed by atoms with van der Waals surface area (Å²) in [6.07, 6.45) is 0. The molecule has 5 nitrogen and oxygen atoms in total. The van der Waals surface area contributed by atoms with Crippen LogP contribution in [-0.2, 0) is 22.1 Å². The first kappa shape index (κ1) is 15.9. The molecule has 0 amide bonds. The number of rotatable bonds is 4. The maximum Gasteiger partial charge on any atom is 0.186 e. The number of halogens is 1. The lowest BCUT2D eigenvalue weighted by atomic mass is 10.2. The first-order valence-corrected chi connectivity index (χ1v) is 8.60. The summed E-state index contributed by atoms with van der Waals surface area (Å²) < 4.78 is 26.9. The topological polar surface area (TPSA) is 78.0 Å². The van der Waals surface area contributed by atoms with Crippen LogP contribution in [0.25, 0.3) is 0 Å². The molecule has 0 spiro atoms. The first-order valence-electron chi connectivity index (χ1n) is 6.57. The second kappa shape index (κ2) is 5.69. The molecule has 0 aliphatic rings. The van der Waals surface area contributed by atoms with Crippen LogP contribution in [0.4, 0.5) is 5.69 Å². The Morgan fingerprint density at radius 3 is 2.62 bits per heavy atom. The minimum absolute atomic E-state index is 0.139. The van der Waals surface area contributed by atoms with E-state index in [9.17, 15) is 8.42 Å². The minimum atomic E-state index is -3.58. The second-order valence-electron chi connectivity index (χ2n) is 4.96. The molecule has 1 aromatic heterocycles. The molecule has 2 aromatic rings. The minimum Gasteiger partial charge on any atom is -0.398 e. The lowest BCUT2D eigenvalue weighted by molar-refractivity contribution is 0.586. The third-order valence-corrected chi connectivity index (χ3v) is 5.45. The normalized spacial score (nSPS) is 11.8. The molecule has 2 rings (SSSR count). The summed E-state index contributed by atoms with van der Waals surface area (Å²) in [4.78, 5) is 0.139. The van der Waals surface area contributed by atoms with Gasteiger partial charge >= 0.3 is 0 Å². The maximum atomic E-state index is 12.6. The van der Waals surface area contributed by atoms with E-state index in [0.29, 0.717) is 23.0 Å². The van der Waals surface area contributed by atoms with Gasteiger partial charge in [0.1, 0.15) is 0 Å². The van der Waals surface area contributed by atoms with Gasteiger partial charge in [0, 0.05) is 6.54 Å². The number of nitrogens with zero attached hydrogens (tertiary/aromatic N) is 2. The predicted octanol–water partition coefficient (Wildman–Crippen LogP) is 2.73. The molecule has 114 valence electrons. The van der Waals surface area contributed by atoms with Gasteiger partial charge in [-0.15, -0.1) is 0 Å². The van der Waals surface area contributed by atoms with Gasteiger partial charge in [0.05, 0.1) is 32.7 Å². The molecule has 1 aromatic carbocycles. The predicted molar refractivity (Wildman–Crippen MR) is 84.1 cm³/mol. The molecule has 7 heteroatoms. The van der Waals surface area contributed by atoms with E-state index in [-0.39, 0.29) is 16.3 Å². The fourth-order valence-electron chi connectivity index (χ4n) is 2.18. The van der Waals surface area contributed by atoms with Gasteiger partial charge in [-0.05, 0) is 38.5 Å². The Kier molecular flexibility index (Phi) is 4.30. The summed E-state index contributed by atoms with van der Waals surface area (Å²) in [5.74, 6) is -0.214.